The highest BCUT2D eigenvalue weighted by molar-refractivity contribution is 5.94. The van der Waals surface area contributed by atoms with Crippen LogP contribution in [0.1, 0.15) is 23.2 Å². The number of nitrogens with one attached hydrogen (secondary N) is 1. The van der Waals surface area contributed by atoms with E-state index in [1.165, 1.54) is 24.3 Å². The lowest BCUT2D eigenvalue weighted by atomic mass is 10.2. The fraction of sp³-hybridized carbons (Fsp3) is 0.462. The Labute approximate surface area is 102 Å². The van der Waals surface area contributed by atoms with Crippen LogP contribution in [0.5, 0.6) is 0 Å². The van der Waals surface area contributed by atoms with Crippen LogP contribution < -0.4 is 5.32 Å². The molecule has 0 heterocycles. The summed E-state index contributed by atoms with van der Waals surface area (Å²) in [6, 6.07) is 5.57. The molecule has 4 heteroatoms. The van der Waals surface area contributed by atoms with Gasteiger partial charge in [0.1, 0.15) is 5.82 Å². The largest absolute Gasteiger partial charge is 0.352 e. The summed E-state index contributed by atoms with van der Waals surface area (Å²) in [5.41, 5.74) is 0.499. The van der Waals surface area contributed by atoms with Gasteiger partial charge >= 0.3 is 0 Å². The normalized spacial score (nSPS) is 10.6. The van der Waals surface area contributed by atoms with Gasteiger partial charge in [0.15, 0.2) is 0 Å². The standard InChI is InChI=1S/C13H19FN2O/c1-16(2)10-4-3-9-15-13(17)11-5-7-12(14)8-6-11/h5-8H,3-4,9-10H2,1-2H3,(H,15,17)/i14-1. The van der Waals surface area contributed by atoms with Crippen LogP contribution in [0.3, 0.4) is 0 Å². The summed E-state index contributed by atoms with van der Waals surface area (Å²) in [6.45, 7) is 1.68. The van der Waals surface area contributed by atoms with Crippen LogP contribution in [-0.2, 0) is 0 Å². The van der Waals surface area contributed by atoms with Crippen LogP contribution in [0.2, 0.25) is 0 Å². The van der Waals surface area contributed by atoms with Gasteiger partial charge in [0.05, 0.1) is 0 Å². The zero-order chi connectivity index (χ0) is 12.7. The minimum Gasteiger partial charge on any atom is -0.352 e. The predicted octanol–water partition coefficient (Wildman–Crippen LogP) is 1.90. The number of halogens is 1. The minimum absolute atomic E-state index is 0.144. The molecule has 0 aliphatic rings. The first-order valence-electron chi connectivity index (χ1n) is 5.78. The summed E-state index contributed by atoms with van der Waals surface area (Å²) in [6.07, 6.45) is 2.00. The minimum atomic E-state index is -0.326. The van der Waals surface area contributed by atoms with Gasteiger partial charge in [-0.25, -0.2) is 4.39 Å². The molecular weight excluding hydrogens is 218 g/mol. The molecule has 1 amide bonds. The van der Waals surface area contributed by atoms with E-state index >= 15 is 0 Å². The molecule has 1 N–H and O–H groups in total. The molecule has 0 radical (unpaired) electrons. The van der Waals surface area contributed by atoms with Gasteiger partial charge in [-0.05, 0) is 57.7 Å². The summed E-state index contributed by atoms with van der Waals surface area (Å²) in [4.78, 5) is 13.7. The molecule has 3 nitrogen and oxygen atoms in total. The monoisotopic (exact) mass is 237 g/mol. The number of hydrogen-bond acceptors (Lipinski definition) is 2. The predicted molar refractivity (Wildman–Crippen MR) is 66.5 cm³/mol. The quantitative estimate of drug-likeness (QED) is 0.766. The van der Waals surface area contributed by atoms with E-state index in [1.54, 1.807) is 0 Å². The molecule has 0 atom stereocenters. The molecule has 94 valence electrons. The van der Waals surface area contributed by atoms with Gasteiger partial charge in [0, 0.05) is 12.1 Å². The third-order valence-electron chi connectivity index (χ3n) is 2.42. The molecule has 0 spiro atoms. The van der Waals surface area contributed by atoms with Crippen LogP contribution in [0, 0.1) is 5.82 Å². The summed E-state index contributed by atoms with van der Waals surface area (Å²) in [5.74, 6) is -0.470. The molecule has 0 fully saturated rings. The van der Waals surface area contributed by atoms with E-state index < -0.39 is 0 Å². The number of unbranched alkanes of at least 4 members (excludes halogenated alkanes) is 1. The lowest BCUT2D eigenvalue weighted by molar-refractivity contribution is 0.0952. The summed E-state index contributed by atoms with van der Waals surface area (Å²) < 4.78 is 12.6. The van der Waals surface area contributed by atoms with Crippen LogP contribution in [0.4, 0.5) is 4.39 Å². The summed E-state index contributed by atoms with van der Waals surface area (Å²) >= 11 is 0. The zero-order valence-corrected chi connectivity index (χ0v) is 10.4. The fourth-order valence-electron chi connectivity index (χ4n) is 1.46. The van der Waals surface area contributed by atoms with Gasteiger partial charge in [-0.2, -0.15) is 0 Å². The first-order valence-corrected chi connectivity index (χ1v) is 5.78. The highest BCUT2D eigenvalue weighted by Crippen LogP contribution is 2.02. The second-order valence-electron chi connectivity index (χ2n) is 4.27. The Kier molecular flexibility index (Phi) is 5.63. The molecule has 1 aromatic rings. The number of nitrogens with zero attached hydrogens (tertiary/aromatic N) is 1. The third-order valence-corrected chi connectivity index (χ3v) is 2.42. The van der Waals surface area contributed by atoms with E-state index in [4.69, 9.17) is 0 Å². The SMILES string of the molecule is CN(C)CCCCNC(=O)c1ccc([18F])cc1. The second kappa shape index (κ2) is 7.01. The molecule has 0 aromatic heterocycles. The Balaban J connectivity index is 2.23. The maximum atomic E-state index is 12.6. The molecule has 1 rings (SSSR count). The van der Waals surface area contributed by atoms with Crippen molar-refractivity contribution in [3.8, 4) is 0 Å². The van der Waals surface area contributed by atoms with E-state index in [0.29, 0.717) is 12.1 Å². The Morgan fingerprint density at radius 3 is 2.47 bits per heavy atom. The van der Waals surface area contributed by atoms with Gasteiger partial charge < -0.3 is 10.2 Å². The average Bonchev–Trinajstić information content (AvgIpc) is 2.29. The molecule has 0 aliphatic carbocycles. The van der Waals surface area contributed by atoms with Gasteiger partial charge in [-0.3, -0.25) is 4.79 Å². The Morgan fingerprint density at radius 1 is 1.24 bits per heavy atom. The van der Waals surface area contributed by atoms with Gasteiger partial charge in [0.25, 0.3) is 5.91 Å². The van der Waals surface area contributed by atoms with E-state index in [-0.39, 0.29) is 11.7 Å². The molecule has 0 saturated carbocycles. The molecule has 0 bridgehead atoms. The number of benzene rings is 1. The van der Waals surface area contributed by atoms with Crippen LogP contribution in [0.15, 0.2) is 24.3 Å². The molecule has 0 aliphatic heterocycles. The maximum absolute atomic E-state index is 12.6. The number of rotatable bonds is 6. The van der Waals surface area contributed by atoms with Crippen molar-refractivity contribution in [1.82, 2.24) is 10.2 Å². The van der Waals surface area contributed by atoms with Crippen molar-refractivity contribution in [2.45, 2.75) is 12.8 Å². The highest BCUT2D eigenvalue weighted by Gasteiger charge is 2.04. The average molecular weight is 237 g/mol. The van der Waals surface area contributed by atoms with E-state index in [0.717, 1.165) is 19.4 Å². The van der Waals surface area contributed by atoms with Crippen molar-refractivity contribution in [1.29, 1.82) is 0 Å². The van der Waals surface area contributed by atoms with E-state index in [2.05, 4.69) is 10.2 Å². The van der Waals surface area contributed by atoms with Crippen molar-refractivity contribution in [2.24, 2.45) is 0 Å². The summed E-state index contributed by atoms with van der Waals surface area (Å²) in [5, 5.41) is 2.81. The fourth-order valence-corrected chi connectivity index (χ4v) is 1.46. The first kappa shape index (κ1) is 13.6. The highest BCUT2D eigenvalue weighted by atomic mass is 18.2. The van der Waals surface area contributed by atoms with Crippen molar-refractivity contribution in [2.75, 3.05) is 27.2 Å². The van der Waals surface area contributed by atoms with Crippen LogP contribution in [-0.4, -0.2) is 38.0 Å². The number of amides is 1. The number of carbonyl (C=O) groups is 1. The lowest BCUT2D eigenvalue weighted by Gasteiger charge is -2.09. The van der Waals surface area contributed by atoms with Crippen molar-refractivity contribution in [3.63, 3.8) is 0 Å². The van der Waals surface area contributed by atoms with E-state index in [9.17, 15) is 9.18 Å². The number of carbonyl (C=O) groups excluding carboxylic acids is 1. The molecule has 0 saturated heterocycles. The summed E-state index contributed by atoms with van der Waals surface area (Å²) in [7, 11) is 4.05. The topological polar surface area (TPSA) is 32.3 Å². The molecule has 1 aromatic carbocycles. The van der Waals surface area contributed by atoms with E-state index in [1.807, 2.05) is 14.1 Å². The lowest BCUT2D eigenvalue weighted by Crippen LogP contribution is -2.25. The number of hydrogen-bond donors (Lipinski definition) is 1. The van der Waals surface area contributed by atoms with Crippen molar-refractivity contribution < 1.29 is 9.18 Å². The van der Waals surface area contributed by atoms with Gasteiger partial charge in [-0.15, -0.1) is 0 Å². The van der Waals surface area contributed by atoms with Crippen LogP contribution in [0.25, 0.3) is 0 Å². The molecule has 17 heavy (non-hydrogen) atoms. The Hall–Kier alpha value is -1.42. The first-order chi connectivity index (χ1) is 8.09. The van der Waals surface area contributed by atoms with Gasteiger partial charge in [-0.1, -0.05) is 0 Å². The Morgan fingerprint density at radius 2 is 1.88 bits per heavy atom. The van der Waals surface area contributed by atoms with Crippen LogP contribution >= 0.6 is 0 Å². The molecule has 0 unspecified atom stereocenters. The second-order valence-corrected chi connectivity index (χ2v) is 4.27. The molecular formula is C13H19FN2O. The van der Waals surface area contributed by atoms with Gasteiger partial charge in [0.2, 0.25) is 0 Å². The van der Waals surface area contributed by atoms with Crippen molar-refractivity contribution >= 4 is 5.91 Å². The zero-order valence-electron chi connectivity index (χ0n) is 10.4. The Bertz CT molecular complexity index is 349. The third kappa shape index (κ3) is 5.45. The smallest absolute Gasteiger partial charge is 0.251 e. The maximum Gasteiger partial charge on any atom is 0.251 e. The van der Waals surface area contributed by atoms with Crippen molar-refractivity contribution in [3.05, 3.63) is 35.6 Å².